The summed E-state index contributed by atoms with van der Waals surface area (Å²) in [6.07, 6.45) is 6.81. The first-order valence-electron chi connectivity index (χ1n) is 8.07. The van der Waals surface area contributed by atoms with Crippen LogP contribution >= 0.6 is 0 Å². The monoisotopic (exact) mass is 314 g/mol. The minimum absolute atomic E-state index is 0.265. The fraction of sp³-hybridized carbons (Fsp3) is 0.471. The normalized spacial score (nSPS) is 32.7. The van der Waals surface area contributed by atoms with Crippen molar-refractivity contribution in [1.29, 1.82) is 0 Å². The lowest BCUT2D eigenvalue weighted by Crippen LogP contribution is -2.61. The van der Waals surface area contributed by atoms with E-state index in [1.165, 1.54) is 0 Å². The van der Waals surface area contributed by atoms with Crippen molar-refractivity contribution in [2.24, 2.45) is 5.92 Å². The molecular formula is C17H18N2O4. The van der Waals surface area contributed by atoms with Gasteiger partial charge >= 0.3 is 6.09 Å². The average Bonchev–Trinajstić information content (AvgIpc) is 3.28. The van der Waals surface area contributed by atoms with Crippen LogP contribution in [0.25, 0.3) is 11.3 Å². The van der Waals surface area contributed by atoms with Gasteiger partial charge in [-0.1, -0.05) is 0 Å². The van der Waals surface area contributed by atoms with Crippen LogP contribution in [0.15, 0.2) is 39.8 Å². The fourth-order valence-corrected chi connectivity index (χ4v) is 4.23. The molecule has 23 heavy (non-hydrogen) atoms. The number of amides is 1. The summed E-state index contributed by atoms with van der Waals surface area (Å²) in [5.74, 6) is 1.16. The third kappa shape index (κ3) is 1.94. The zero-order valence-corrected chi connectivity index (χ0v) is 12.7. The summed E-state index contributed by atoms with van der Waals surface area (Å²) in [5.41, 5.74) is 1.27. The molecular weight excluding hydrogens is 296 g/mol. The molecule has 0 N–H and O–H groups in total. The summed E-state index contributed by atoms with van der Waals surface area (Å²) in [6.45, 7) is 3.71. The first-order chi connectivity index (χ1) is 11.2. The van der Waals surface area contributed by atoms with Crippen molar-refractivity contribution in [3.63, 3.8) is 0 Å². The molecule has 6 heterocycles. The Hall–Kier alpha value is -2.21. The molecule has 6 heteroatoms. The highest BCUT2D eigenvalue weighted by Gasteiger charge is 2.55. The summed E-state index contributed by atoms with van der Waals surface area (Å²) in [6, 6.07) is 3.70. The molecule has 0 aliphatic carbocycles. The van der Waals surface area contributed by atoms with E-state index in [0.717, 1.165) is 43.7 Å². The van der Waals surface area contributed by atoms with E-state index in [9.17, 15) is 4.79 Å². The van der Waals surface area contributed by atoms with Gasteiger partial charge in [0.2, 0.25) is 0 Å². The van der Waals surface area contributed by atoms with Gasteiger partial charge in [0, 0.05) is 18.5 Å². The van der Waals surface area contributed by atoms with Gasteiger partial charge in [-0.15, -0.1) is 0 Å². The second-order valence-electron chi connectivity index (χ2n) is 6.75. The second kappa shape index (κ2) is 4.64. The molecule has 4 fully saturated rings. The van der Waals surface area contributed by atoms with Crippen LogP contribution in [0.2, 0.25) is 0 Å². The maximum Gasteiger partial charge on any atom is 0.415 e. The van der Waals surface area contributed by atoms with Crippen molar-refractivity contribution in [3.05, 3.63) is 30.9 Å². The highest BCUT2D eigenvalue weighted by Crippen LogP contribution is 2.43. The average molecular weight is 314 g/mol. The molecule has 4 aliphatic heterocycles. The van der Waals surface area contributed by atoms with Crippen LogP contribution in [0.5, 0.6) is 0 Å². The van der Waals surface area contributed by atoms with E-state index >= 15 is 0 Å². The molecule has 1 spiro atoms. The molecule has 2 aromatic rings. The molecule has 4 aliphatic rings. The molecule has 2 bridgehead atoms. The number of rotatable bonds is 2. The maximum atomic E-state index is 12.4. The summed E-state index contributed by atoms with van der Waals surface area (Å²) in [4.78, 5) is 16.6. The predicted octanol–water partition coefficient (Wildman–Crippen LogP) is 2.96. The van der Waals surface area contributed by atoms with Crippen LogP contribution in [0.3, 0.4) is 0 Å². The van der Waals surface area contributed by atoms with Gasteiger partial charge in [-0.2, -0.15) is 0 Å². The number of furan rings is 2. The van der Waals surface area contributed by atoms with Gasteiger partial charge in [0.25, 0.3) is 0 Å². The first kappa shape index (κ1) is 13.2. The van der Waals surface area contributed by atoms with E-state index in [2.05, 4.69) is 4.90 Å². The Bertz CT molecular complexity index is 730. The molecule has 6 nitrogen and oxygen atoms in total. The Balaban J connectivity index is 1.43. The van der Waals surface area contributed by atoms with E-state index in [0.29, 0.717) is 18.2 Å². The SMILES string of the molecule is O=C1OC2(CN3CCC2CC3)CN1c1coc(-c2ccoc2)c1. The van der Waals surface area contributed by atoms with Gasteiger partial charge in [0.15, 0.2) is 0 Å². The summed E-state index contributed by atoms with van der Waals surface area (Å²) >= 11 is 0. The summed E-state index contributed by atoms with van der Waals surface area (Å²) in [5, 5.41) is 0. The molecule has 6 rings (SSSR count). The number of carbonyl (C=O) groups is 1. The minimum Gasteiger partial charge on any atom is -0.472 e. The lowest BCUT2D eigenvalue weighted by molar-refractivity contribution is -0.0881. The molecule has 1 amide bonds. The number of anilines is 1. The number of fused-ring (bicyclic) bond motifs is 2. The van der Waals surface area contributed by atoms with Crippen LogP contribution < -0.4 is 4.90 Å². The molecule has 1 atom stereocenters. The topological polar surface area (TPSA) is 59.1 Å². The lowest BCUT2D eigenvalue weighted by atomic mass is 9.75. The number of piperidine rings is 3. The fourth-order valence-electron chi connectivity index (χ4n) is 4.23. The standard InChI is InChI=1S/C17H18N2O4/c20-16-19(14-7-15(22-9-14)12-3-6-21-8-12)11-17(23-16)10-18-4-1-13(17)2-5-18/h3,6-9,13H,1-2,4-5,10-11H2. The third-order valence-electron chi connectivity index (χ3n) is 5.46. The van der Waals surface area contributed by atoms with Gasteiger partial charge in [-0.05, 0) is 32.0 Å². The molecule has 120 valence electrons. The van der Waals surface area contributed by atoms with Gasteiger partial charge in [-0.25, -0.2) is 4.79 Å². The summed E-state index contributed by atoms with van der Waals surface area (Å²) < 4.78 is 16.5. The van der Waals surface area contributed by atoms with Crippen LogP contribution in [0.4, 0.5) is 10.5 Å². The number of hydrogen-bond donors (Lipinski definition) is 0. The highest BCUT2D eigenvalue weighted by atomic mass is 16.6. The Morgan fingerprint density at radius 2 is 2.04 bits per heavy atom. The van der Waals surface area contributed by atoms with E-state index in [1.807, 2.05) is 12.1 Å². The largest absolute Gasteiger partial charge is 0.472 e. The van der Waals surface area contributed by atoms with Crippen molar-refractivity contribution >= 4 is 11.8 Å². The number of carbonyl (C=O) groups excluding carboxylic acids is 1. The number of hydrogen-bond acceptors (Lipinski definition) is 5. The van der Waals surface area contributed by atoms with Crippen molar-refractivity contribution in [2.45, 2.75) is 18.4 Å². The van der Waals surface area contributed by atoms with Crippen molar-refractivity contribution < 1.29 is 18.4 Å². The zero-order chi connectivity index (χ0) is 15.4. The number of nitrogens with zero attached hydrogens (tertiary/aromatic N) is 2. The molecule has 2 aromatic heterocycles. The smallest absolute Gasteiger partial charge is 0.415 e. The van der Waals surface area contributed by atoms with E-state index in [1.54, 1.807) is 23.7 Å². The Morgan fingerprint density at radius 3 is 2.74 bits per heavy atom. The van der Waals surface area contributed by atoms with E-state index in [-0.39, 0.29) is 11.7 Å². The highest BCUT2D eigenvalue weighted by molar-refractivity contribution is 5.91. The van der Waals surface area contributed by atoms with E-state index < -0.39 is 0 Å². The Morgan fingerprint density at radius 1 is 1.17 bits per heavy atom. The van der Waals surface area contributed by atoms with Crippen LogP contribution in [-0.4, -0.2) is 42.8 Å². The Labute approximate surface area is 133 Å². The molecule has 0 saturated carbocycles. The predicted molar refractivity (Wildman–Crippen MR) is 82.1 cm³/mol. The zero-order valence-electron chi connectivity index (χ0n) is 12.7. The van der Waals surface area contributed by atoms with Gasteiger partial charge in [-0.3, -0.25) is 9.80 Å². The lowest BCUT2D eigenvalue weighted by Gasteiger charge is -2.49. The quantitative estimate of drug-likeness (QED) is 0.853. The van der Waals surface area contributed by atoms with Gasteiger partial charge < -0.3 is 13.6 Å². The molecule has 1 unspecified atom stereocenters. The second-order valence-corrected chi connectivity index (χ2v) is 6.75. The first-order valence-corrected chi connectivity index (χ1v) is 8.07. The van der Waals surface area contributed by atoms with Gasteiger partial charge in [0.05, 0.1) is 24.1 Å². The van der Waals surface area contributed by atoms with E-state index in [4.69, 9.17) is 13.6 Å². The summed E-state index contributed by atoms with van der Waals surface area (Å²) in [7, 11) is 0. The van der Waals surface area contributed by atoms with Crippen LogP contribution in [0, 0.1) is 5.92 Å². The van der Waals surface area contributed by atoms with Crippen LogP contribution in [-0.2, 0) is 4.74 Å². The van der Waals surface area contributed by atoms with Crippen LogP contribution in [0.1, 0.15) is 12.8 Å². The maximum absolute atomic E-state index is 12.4. The van der Waals surface area contributed by atoms with Gasteiger partial charge in [0.1, 0.15) is 23.9 Å². The molecule has 0 radical (unpaired) electrons. The van der Waals surface area contributed by atoms with Crippen molar-refractivity contribution in [1.82, 2.24) is 4.90 Å². The number of ether oxygens (including phenoxy) is 1. The minimum atomic E-state index is -0.347. The molecule has 0 aromatic carbocycles. The third-order valence-corrected chi connectivity index (χ3v) is 5.46. The van der Waals surface area contributed by atoms with Crippen molar-refractivity contribution in [2.75, 3.05) is 31.1 Å². The van der Waals surface area contributed by atoms with Crippen molar-refractivity contribution in [3.8, 4) is 11.3 Å². The Kier molecular flexibility index (Phi) is 2.68. The molecule has 4 saturated heterocycles.